The third-order valence-electron chi connectivity index (χ3n) is 4.26. The summed E-state index contributed by atoms with van der Waals surface area (Å²) in [5.74, 6) is 1.71. The highest BCUT2D eigenvalue weighted by molar-refractivity contribution is 7.99. The molecule has 138 valence electrons. The van der Waals surface area contributed by atoms with E-state index in [9.17, 15) is 4.79 Å². The van der Waals surface area contributed by atoms with Crippen molar-refractivity contribution in [2.45, 2.75) is 28.8 Å². The number of rotatable bonds is 7. The molecule has 1 fully saturated rings. The van der Waals surface area contributed by atoms with E-state index in [2.05, 4.69) is 15.4 Å². The van der Waals surface area contributed by atoms with Gasteiger partial charge in [-0.2, -0.15) is 0 Å². The Morgan fingerprint density at radius 2 is 1.89 bits per heavy atom. The first-order valence-electron chi connectivity index (χ1n) is 8.82. The van der Waals surface area contributed by atoms with Gasteiger partial charge >= 0.3 is 0 Å². The van der Waals surface area contributed by atoms with Crippen molar-refractivity contribution >= 4 is 35.1 Å². The number of anilines is 1. The first-order valence-corrected chi connectivity index (χ1v) is 11.0. The van der Waals surface area contributed by atoms with E-state index in [1.54, 1.807) is 11.8 Å². The maximum Gasteiger partial charge on any atom is 0.234 e. The van der Waals surface area contributed by atoms with E-state index in [1.807, 2.05) is 65.5 Å². The van der Waals surface area contributed by atoms with E-state index in [4.69, 9.17) is 0 Å². The molecule has 0 bridgehead atoms. The summed E-state index contributed by atoms with van der Waals surface area (Å²) in [5.41, 5.74) is 1.82. The number of aromatic nitrogens is 3. The van der Waals surface area contributed by atoms with E-state index in [1.165, 1.54) is 16.7 Å². The molecule has 2 aromatic carbocycles. The Hall–Kier alpha value is -2.25. The molecule has 5 nitrogen and oxygen atoms in total. The second kappa shape index (κ2) is 8.19. The number of para-hydroxylation sites is 1. The van der Waals surface area contributed by atoms with E-state index < -0.39 is 0 Å². The molecule has 1 aliphatic rings. The quantitative estimate of drug-likeness (QED) is 0.592. The lowest BCUT2D eigenvalue weighted by Gasteiger charge is -2.05. The first kappa shape index (κ1) is 18.1. The molecule has 27 heavy (non-hydrogen) atoms. The molecule has 0 saturated heterocycles. The smallest absolute Gasteiger partial charge is 0.234 e. The van der Waals surface area contributed by atoms with Crippen LogP contribution in [0.1, 0.15) is 24.6 Å². The average Bonchev–Trinajstić information content (AvgIpc) is 3.47. The molecule has 7 heteroatoms. The van der Waals surface area contributed by atoms with Crippen molar-refractivity contribution < 1.29 is 4.79 Å². The van der Waals surface area contributed by atoms with Gasteiger partial charge in [-0.15, -0.1) is 16.9 Å². The minimum absolute atomic E-state index is 0.0547. The number of carbonyl (C=O) groups excluding carboxylic acids is 1. The van der Waals surface area contributed by atoms with E-state index in [-0.39, 0.29) is 11.7 Å². The van der Waals surface area contributed by atoms with Crippen LogP contribution in [0.15, 0.2) is 64.6 Å². The maximum atomic E-state index is 12.2. The molecule has 1 saturated carbocycles. The number of nitrogens with one attached hydrogen (secondary N) is 1. The molecule has 0 atom stereocenters. The van der Waals surface area contributed by atoms with Crippen LogP contribution in [0.25, 0.3) is 5.69 Å². The lowest BCUT2D eigenvalue weighted by molar-refractivity contribution is -0.113. The van der Waals surface area contributed by atoms with Crippen molar-refractivity contribution in [2.75, 3.05) is 17.3 Å². The Balaban J connectivity index is 1.41. The molecule has 1 aliphatic carbocycles. The molecule has 0 aliphatic heterocycles. The molecule has 1 heterocycles. The van der Waals surface area contributed by atoms with Crippen molar-refractivity contribution in [3.05, 3.63) is 60.4 Å². The molecule has 1 N–H and O–H groups in total. The zero-order valence-electron chi connectivity index (χ0n) is 15.0. The van der Waals surface area contributed by atoms with Crippen molar-refractivity contribution in [1.82, 2.24) is 14.8 Å². The van der Waals surface area contributed by atoms with Gasteiger partial charge in [0.25, 0.3) is 0 Å². The van der Waals surface area contributed by atoms with Crippen LogP contribution in [0.2, 0.25) is 0 Å². The Morgan fingerprint density at radius 3 is 2.56 bits per heavy atom. The van der Waals surface area contributed by atoms with Crippen LogP contribution >= 0.6 is 23.5 Å². The minimum atomic E-state index is -0.0547. The summed E-state index contributed by atoms with van der Waals surface area (Å²) in [6.07, 6.45) is 4.34. The first-order chi connectivity index (χ1) is 13.2. The number of benzene rings is 2. The average molecular weight is 397 g/mol. The number of hydrogen-bond acceptors (Lipinski definition) is 5. The van der Waals surface area contributed by atoms with Crippen molar-refractivity contribution in [3.63, 3.8) is 0 Å². The van der Waals surface area contributed by atoms with Gasteiger partial charge in [0.2, 0.25) is 11.1 Å². The maximum absolute atomic E-state index is 12.2. The van der Waals surface area contributed by atoms with Crippen LogP contribution in [-0.2, 0) is 4.79 Å². The number of thioether (sulfide) groups is 2. The SMILES string of the molecule is CSc1ccc(NC(=O)CSc2nc(C3CC3)n(-c3ccccc3)n2)cc1. The summed E-state index contributed by atoms with van der Waals surface area (Å²) in [7, 11) is 0. The van der Waals surface area contributed by atoms with Gasteiger partial charge in [-0.25, -0.2) is 9.67 Å². The molecule has 1 aromatic heterocycles. The summed E-state index contributed by atoms with van der Waals surface area (Å²) >= 11 is 3.05. The lowest BCUT2D eigenvalue weighted by Crippen LogP contribution is -2.14. The van der Waals surface area contributed by atoms with Crippen molar-refractivity contribution in [1.29, 1.82) is 0 Å². The van der Waals surface area contributed by atoms with Crippen LogP contribution < -0.4 is 5.32 Å². The predicted octanol–water partition coefficient (Wildman–Crippen LogP) is 4.60. The van der Waals surface area contributed by atoms with Crippen molar-refractivity contribution in [2.24, 2.45) is 0 Å². The number of amides is 1. The Labute approximate surface area is 167 Å². The van der Waals surface area contributed by atoms with Crippen molar-refractivity contribution in [3.8, 4) is 5.69 Å². The third kappa shape index (κ3) is 4.54. The van der Waals surface area contributed by atoms with Gasteiger partial charge in [-0.3, -0.25) is 4.79 Å². The predicted molar refractivity (Wildman–Crippen MR) is 111 cm³/mol. The zero-order valence-corrected chi connectivity index (χ0v) is 16.6. The number of nitrogens with zero attached hydrogens (tertiary/aromatic N) is 3. The van der Waals surface area contributed by atoms with E-state index in [0.717, 1.165) is 30.0 Å². The molecule has 3 aromatic rings. The molecule has 0 unspecified atom stereocenters. The van der Waals surface area contributed by atoms with Gasteiger partial charge in [0.05, 0.1) is 11.4 Å². The molecule has 1 amide bonds. The molecule has 0 spiro atoms. The summed E-state index contributed by atoms with van der Waals surface area (Å²) in [5, 5.41) is 8.20. The van der Waals surface area contributed by atoms with Crippen LogP contribution in [0.3, 0.4) is 0 Å². The van der Waals surface area contributed by atoms with Gasteiger partial charge in [0, 0.05) is 16.5 Å². The van der Waals surface area contributed by atoms with Gasteiger partial charge in [-0.05, 0) is 55.5 Å². The van der Waals surface area contributed by atoms with Crippen LogP contribution in [0.5, 0.6) is 0 Å². The topological polar surface area (TPSA) is 59.8 Å². The van der Waals surface area contributed by atoms with Gasteiger partial charge < -0.3 is 5.32 Å². The number of carbonyl (C=O) groups is 1. The van der Waals surface area contributed by atoms with Crippen LogP contribution in [0, 0.1) is 0 Å². The fourth-order valence-corrected chi connectivity index (χ4v) is 3.77. The third-order valence-corrected chi connectivity index (χ3v) is 5.84. The fourth-order valence-electron chi connectivity index (χ4n) is 2.73. The minimum Gasteiger partial charge on any atom is -0.325 e. The van der Waals surface area contributed by atoms with E-state index in [0.29, 0.717) is 11.1 Å². The summed E-state index contributed by atoms with van der Waals surface area (Å²) in [6, 6.07) is 17.9. The largest absolute Gasteiger partial charge is 0.325 e. The summed E-state index contributed by atoms with van der Waals surface area (Å²) in [6.45, 7) is 0. The second-order valence-electron chi connectivity index (χ2n) is 6.34. The van der Waals surface area contributed by atoms with Gasteiger partial charge in [0.1, 0.15) is 5.82 Å². The normalized spacial score (nSPS) is 13.5. The molecule has 0 radical (unpaired) electrons. The molecule has 4 rings (SSSR count). The summed E-state index contributed by atoms with van der Waals surface area (Å²) < 4.78 is 1.92. The Bertz CT molecular complexity index is 921. The Morgan fingerprint density at radius 1 is 1.15 bits per heavy atom. The van der Waals surface area contributed by atoms with Crippen LogP contribution in [0.4, 0.5) is 5.69 Å². The van der Waals surface area contributed by atoms with E-state index >= 15 is 0 Å². The molecular weight excluding hydrogens is 376 g/mol. The second-order valence-corrected chi connectivity index (χ2v) is 8.16. The molecular formula is C20H20N4OS2. The summed E-state index contributed by atoms with van der Waals surface area (Å²) in [4.78, 5) is 18.1. The van der Waals surface area contributed by atoms with Gasteiger partial charge in [-0.1, -0.05) is 30.0 Å². The Kier molecular flexibility index (Phi) is 5.50. The highest BCUT2D eigenvalue weighted by Crippen LogP contribution is 2.40. The highest BCUT2D eigenvalue weighted by Gasteiger charge is 2.30. The number of hydrogen-bond donors (Lipinski definition) is 1. The zero-order chi connectivity index (χ0) is 18.6. The van der Waals surface area contributed by atoms with Crippen LogP contribution in [-0.4, -0.2) is 32.7 Å². The lowest BCUT2D eigenvalue weighted by atomic mass is 10.3. The fraction of sp³-hybridized carbons (Fsp3) is 0.250. The highest BCUT2D eigenvalue weighted by atomic mass is 32.2. The monoisotopic (exact) mass is 396 g/mol. The standard InChI is InChI=1S/C20H20N4OS2/c1-26-17-11-9-15(10-12-17)21-18(25)13-27-20-22-19(14-7-8-14)24(23-20)16-5-3-2-4-6-16/h2-6,9-12,14H,7-8,13H2,1H3,(H,21,25). The van der Waals surface area contributed by atoms with Gasteiger partial charge in [0.15, 0.2) is 0 Å².